The molecular formula is C19H35NO. The van der Waals surface area contributed by atoms with Gasteiger partial charge in [-0.15, -0.1) is 0 Å². The molecule has 2 nitrogen and oxygen atoms in total. The summed E-state index contributed by atoms with van der Waals surface area (Å²) in [5.41, 5.74) is 0.675. The Morgan fingerprint density at radius 1 is 1.05 bits per heavy atom. The Kier molecular flexibility index (Phi) is 4.40. The highest BCUT2D eigenvalue weighted by Gasteiger charge is 2.53. The van der Waals surface area contributed by atoms with Gasteiger partial charge in [0.15, 0.2) is 0 Å². The molecule has 0 aliphatic heterocycles. The van der Waals surface area contributed by atoms with Gasteiger partial charge < -0.3 is 10.4 Å². The van der Waals surface area contributed by atoms with Crippen LogP contribution in [-0.2, 0) is 0 Å². The third-order valence-electron chi connectivity index (χ3n) is 7.62. The highest BCUT2D eigenvalue weighted by molar-refractivity contribution is 5.05. The van der Waals surface area contributed by atoms with Crippen molar-refractivity contribution in [3.63, 3.8) is 0 Å². The zero-order valence-electron chi connectivity index (χ0n) is 14.3. The third-order valence-corrected chi connectivity index (χ3v) is 7.62. The fraction of sp³-hybridized carbons (Fsp3) is 1.00. The van der Waals surface area contributed by atoms with Gasteiger partial charge in [-0.1, -0.05) is 13.8 Å². The summed E-state index contributed by atoms with van der Waals surface area (Å²) in [4.78, 5) is 0. The average molecular weight is 293 g/mol. The van der Waals surface area contributed by atoms with Crippen LogP contribution in [0.4, 0.5) is 0 Å². The zero-order valence-corrected chi connectivity index (χ0v) is 14.3. The van der Waals surface area contributed by atoms with Gasteiger partial charge in [0.2, 0.25) is 0 Å². The van der Waals surface area contributed by atoms with E-state index in [0.29, 0.717) is 18.1 Å². The second-order valence-corrected chi connectivity index (χ2v) is 8.75. The molecule has 2 heteroatoms. The van der Waals surface area contributed by atoms with Gasteiger partial charge in [0, 0.05) is 24.6 Å². The maximum Gasteiger partial charge on any atom is 0.0499 e. The molecule has 0 saturated heterocycles. The fourth-order valence-corrected chi connectivity index (χ4v) is 6.07. The summed E-state index contributed by atoms with van der Waals surface area (Å²) in [5.74, 6) is 3.08. The molecule has 21 heavy (non-hydrogen) atoms. The van der Waals surface area contributed by atoms with Crippen molar-refractivity contribution in [1.82, 2.24) is 5.32 Å². The molecule has 0 amide bonds. The van der Waals surface area contributed by atoms with Crippen molar-refractivity contribution in [3.05, 3.63) is 0 Å². The quantitative estimate of drug-likeness (QED) is 0.744. The molecule has 0 heterocycles. The van der Waals surface area contributed by atoms with Crippen molar-refractivity contribution in [3.8, 4) is 0 Å². The number of hydrogen-bond donors (Lipinski definition) is 2. The van der Waals surface area contributed by atoms with Crippen LogP contribution in [0.1, 0.15) is 72.1 Å². The van der Waals surface area contributed by atoms with E-state index in [1.165, 1.54) is 38.5 Å². The van der Waals surface area contributed by atoms with Crippen molar-refractivity contribution < 1.29 is 5.11 Å². The summed E-state index contributed by atoms with van der Waals surface area (Å²) in [7, 11) is 0. The zero-order chi connectivity index (χ0) is 15.1. The van der Waals surface area contributed by atoms with Gasteiger partial charge in [0.1, 0.15) is 0 Å². The van der Waals surface area contributed by atoms with Gasteiger partial charge in [0.25, 0.3) is 0 Å². The van der Waals surface area contributed by atoms with E-state index in [1.54, 1.807) is 0 Å². The topological polar surface area (TPSA) is 32.3 Å². The van der Waals surface area contributed by atoms with Gasteiger partial charge in [-0.3, -0.25) is 0 Å². The molecule has 4 fully saturated rings. The number of rotatable bonds is 7. The summed E-state index contributed by atoms with van der Waals surface area (Å²) in [6, 6.07) is 0.620. The highest BCUT2D eigenvalue weighted by Crippen LogP contribution is 2.61. The second-order valence-electron chi connectivity index (χ2n) is 8.75. The van der Waals surface area contributed by atoms with Crippen LogP contribution < -0.4 is 5.32 Å². The Labute approximate surface area is 131 Å². The molecule has 4 aliphatic carbocycles. The Hall–Kier alpha value is -0.0800. The normalized spacial score (nSPS) is 39.7. The lowest BCUT2D eigenvalue weighted by Crippen LogP contribution is -2.56. The fourth-order valence-electron chi connectivity index (χ4n) is 6.07. The van der Waals surface area contributed by atoms with E-state index in [9.17, 15) is 5.11 Å². The Bertz CT molecular complexity index is 317. The molecule has 122 valence electrons. The molecule has 0 aromatic rings. The lowest BCUT2D eigenvalue weighted by molar-refractivity contribution is -0.0725. The summed E-state index contributed by atoms with van der Waals surface area (Å²) in [6.45, 7) is 8.17. The summed E-state index contributed by atoms with van der Waals surface area (Å²) in [5, 5.41) is 13.7. The molecule has 0 aromatic heterocycles. The van der Waals surface area contributed by atoms with E-state index in [1.807, 2.05) is 0 Å². The van der Waals surface area contributed by atoms with Gasteiger partial charge in [0.05, 0.1) is 0 Å². The van der Waals surface area contributed by atoms with Crippen molar-refractivity contribution in [2.75, 3.05) is 13.2 Å². The van der Waals surface area contributed by atoms with Gasteiger partial charge in [-0.05, 0) is 81.5 Å². The van der Waals surface area contributed by atoms with Crippen LogP contribution in [0.15, 0.2) is 0 Å². The van der Waals surface area contributed by atoms with Crippen LogP contribution in [0.3, 0.4) is 0 Å². The predicted molar refractivity (Wildman–Crippen MR) is 88.2 cm³/mol. The molecule has 0 radical (unpaired) electrons. The first kappa shape index (κ1) is 15.8. The lowest BCUT2D eigenvalue weighted by Gasteiger charge is -2.59. The number of aliphatic hydroxyl groups excluding tert-OH is 1. The first-order chi connectivity index (χ1) is 10.0. The molecule has 4 bridgehead atoms. The largest absolute Gasteiger partial charge is 0.396 e. The Balaban J connectivity index is 1.64. The Morgan fingerprint density at radius 2 is 1.52 bits per heavy atom. The van der Waals surface area contributed by atoms with E-state index in [0.717, 1.165) is 37.1 Å². The van der Waals surface area contributed by atoms with Crippen molar-refractivity contribution in [1.29, 1.82) is 0 Å². The predicted octanol–water partition coefficient (Wildman–Crippen LogP) is 3.98. The van der Waals surface area contributed by atoms with E-state index < -0.39 is 0 Å². The summed E-state index contributed by atoms with van der Waals surface area (Å²) in [6.07, 6.45) is 11.1. The monoisotopic (exact) mass is 293 g/mol. The van der Waals surface area contributed by atoms with Crippen LogP contribution in [-0.4, -0.2) is 24.3 Å². The van der Waals surface area contributed by atoms with E-state index in [4.69, 9.17) is 0 Å². The van der Waals surface area contributed by atoms with E-state index in [-0.39, 0.29) is 5.41 Å². The molecule has 4 rings (SSSR count). The van der Waals surface area contributed by atoms with Crippen LogP contribution in [0.2, 0.25) is 0 Å². The van der Waals surface area contributed by atoms with Gasteiger partial charge >= 0.3 is 0 Å². The number of nitrogens with one attached hydrogen (secondary N) is 1. The molecule has 0 aromatic carbocycles. The van der Waals surface area contributed by atoms with Crippen LogP contribution in [0, 0.1) is 28.6 Å². The molecule has 4 saturated carbocycles. The summed E-state index contributed by atoms with van der Waals surface area (Å²) < 4.78 is 0. The summed E-state index contributed by atoms with van der Waals surface area (Å²) >= 11 is 0. The number of aliphatic hydroxyl groups is 1. The van der Waals surface area contributed by atoms with Crippen LogP contribution >= 0.6 is 0 Å². The Morgan fingerprint density at radius 3 is 1.90 bits per heavy atom. The van der Waals surface area contributed by atoms with Gasteiger partial charge in [-0.25, -0.2) is 0 Å². The van der Waals surface area contributed by atoms with Crippen molar-refractivity contribution in [2.45, 2.75) is 78.2 Å². The first-order valence-electron chi connectivity index (χ1n) is 9.39. The van der Waals surface area contributed by atoms with Crippen molar-refractivity contribution in [2.24, 2.45) is 28.6 Å². The van der Waals surface area contributed by atoms with E-state index in [2.05, 4.69) is 26.1 Å². The minimum absolute atomic E-state index is 0.0938. The highest BCUT2D eigenvalue weighted by atomic mass is 16.3. The third kappa shape index (κ3) is 2.79. The maximum absolute atomic E-state index is 9.78. The average Bonchev–Trinajstić information content (AvgIpc) is 2.47. The second kappa shape index (κ2) is 5.85. The van der Waals surface area contributed by atoms with Crippen LogP contribution in [0.25, 0.3) is 0 Å². The van der Waals surface area contributed by atoms with Gasteiger partial charge in [-0.2, -0.15) is 0 Å². The first-order valence-corrected chi connectivity index (χ1v) is 9.39. The SMILES string of the molecule is CCC(CC)(CO)CNC(C)C12CC3CC(CC(C3)C1)C2. The minimum Gasteiger partial charge on any atom is -0.396 e. The van der Waals surface area contributed by atoms with E-state index >= 15 is 0 Å². The minimum atomic E-state index is 0.0938. The number of hydrogen-bond acceptors (Lipinski definition) is 2. The molecule has 0 spiro atoms. The molecule has 4 aliphatic rings. The van der Waals surface area contributed by atoms with Crippen molar-refractivity contribution >= 4 is 0 Å². The maximum atomic E-state index is 9.78. The lowest BCUT2D eigenvalue weighted by atomic mass is 9.48. The standard InChI is InChI=1S/C19H35NO/c1-4-18(5-2,13-21)12-20-14(3)19-9-15-6-16(10-19)8-17(7-15)11-19/h14-17,20-21H,4-13H2,1-3H3. The smallest absolute Gasteiger partial charge is 0.0499 e. The molecule has 2 N–H and O–H groups in total. The molecular weight excluding hydrogens is 258 g/mol. The molecule has 1 atom stereocenters. The molecule has 1 unspecified atom stereocenters. The van der Waals surface area contributed by atoms with Crippen LogP contribution in [0.5, 0.6) is 0 Å².